The first kappa shape index (κ1) is 10.7. The zero-order valence-electron chi connectivity index (χ0n) is 9.00. The van der Waals surface area contributed by atoms with Crippen LogP contribution in [0.1, 0.15) is 6.92 Å². The highest BCUT2D eigenvalue weighted by Gasteiger charge is 2.22. The van der Waals surface area contributed by atoms with E-state index in [-0.39, 0.29) is 11.6 Å². The van der Waals surface area contributed by atoms with E-state index in [9.17, 15) is 9.18 Å². The fourth-order valence-electron chi connectivity index (χ4n) is 2.12. The van der Waals surface area contributed by atoms with Crippen LogP contribution in [0.2, 0.25) is 0 Å². The summed E-state index contributed by atoms with van der Waals surface area (Å²) in [4.78, 5) is 15.6. The topological polar surface area (TPSA) is 46.9 Å². The number of hydrogen-bond acceptors (Lipinski definition) is 3. The van der Waals surface area contributed by atoms with Gasteiger partial charge in [0, 0.05) is 18.0 Å². The van der Waals surface area contributed by atoms with E-state index in [1.165, 1.54) is 0 Å². The minimum atomic E-state index is -0.496. The summed E-state index contributed by atoms with van der Waals surface area (Å²) in [6.45, 7) is 2.53. The van der Waals surface area contributed by atoms with Crippen LogP contribution in [0.15, 0.2) is 21.4 Å². The van der Waals surface area contributed by atoms with E-state index < -0.39 is 11.5 Å². The lowest BCUT2D eigenvalue weighted by atomic mass is 10.2. The number of anilines is 1. The van der Waals surface area contributed by atoms with Crippen molar-refractivity contribution in [2.45, 2.75) is 19.5 Å². The van der Waals surface area contributed by atoms with Crippen LogP contribution in [-0.4, -0.2) is 15.6 Å². The van der Waals surface area contributed by atoms with Gasteiger partial charge in [-0.3, -0.25) is 4.57 Å². The van der Waals surface area contributed by atoms with Crippen molar-refractivity contribution in [1.29, 1.82) is 0 Å². The maximum Gasteiger partial charge on any atom is 0.349 e. The van der Waals surface area contributed by atoms with E-state index >= 15 is 0 Å². The molecular formula is C11H9BrFN3O. The van der Waals surface area contributed by atoms with Crippen LogP contribution in [0.3, 0.4) is 0 Å². The van der Waals surface area contributed by atoms with Gasteiger partial charge in [0.1, 0.15) is 11.3 Å². The lowest BCUT2D eigenvalue weighted by molar-refractivity contribution is 0.625. The van der Waals surface area contributed by atoms with Crippen LogP contribution in [0.5, 0.6) is 0 Å². The van der Waals surface area contributed by atoms with E-state index in [2.05, 4.69) is 26.2 Å². The van der Waals surface area contributed by atoms with Gasteiger partial charge in [-0.05, 0) is 35.0 Å². The predicted octanol–water partition coefficient (Wildman–Crippen LogP) is 2.11. The van der Waals surface area contributed by atoms with Crippen LogP contribution >= 0.6 is 15.9 Å². The number of benzene rings is 1. The summed E-state index contributed by atoms with van der Waals surface area (Å²) in [5.41, 5.74) is -0.307. The molecule has 0 amide bonds. The number of hydrogen-bond donors (Lipinski definition) is 1. The first-order chi connectivity index (χ1) is 8.08. The Balaban J connectivity index is 2.45. The highest BCUT2D eigenvalue weighted by atomic mass is 79.9. The van der Waals surface area contributed by atoms with Gasteiger partial charge in [0.15, 0.2) is 5.82 Å². The summed E-state index contributed by atoms with van der Waals surface area (Å²) in [6, 6.07) is 3.53. The van der Waals surface area contributed by atoms with Crippen molar-refractivity contribution < 1.29 is 4.39 Å². The average Bonchev–Trinajstić information content (AvgIpc) is 2.67. The summed E-state index contributed by atoms with van der Waals surface area (Å²) >= 11 is 3.09. The monoisotopic (exact) mass is 297 g/mol. The van der Waals surface area contributed by atoms with Crippen LogP contribution in [0.25, 0.3) is 10.9 Å². The van der Waals surface area contributed by atoms with E-state index in [1.54, 1.807) is 16.7 Å². The maximum atomic E-state index is 13.9. The van der Waals surface area contributed by atoms with Crippen molar-refractivity contribution in [2.75, 3.05) is 5.32 Å². The van der Waals surface area contributed by atoms with Crippen LogP contribution in [0, 0.1) is 5.82 Å². The van der Waals surface area contributed by atoms with E-state index in [1.807, 2.05) is 6.92 Å². The second-order valence-electron chi connectivity index (χ2n) is 4.16. The third-order valence-electron chi connectivity index (χ3n) is 2.87. The molecule has 0 unspecified atom stereocenters. The molecule has 0 saturated carbocycles. The number of nitrogens with one attached hydrogen (secondary N) is 1. The first-order valence-electron chi connectivity index (χ1n) is 5.23. The summed E-state index contributed by atoms with van der Waals surface area (Å²) in [7, 11) is 0. The molecule has 0 radical (unpaired) electrons. The van der Waals surface area contributed by atoms with Gasteiger partial charge in [0.2, 0.25) is 0 Å². The molecule has 0 fully saturated rings. The molecule has 2 heterocycles. The minimum absolute atomic E-state index is 0.109. The lowest BCUT2D eigenvalue weighted by Crippen LogP contribution is -2.22. The Kier molecular flexibility index (Phi) is 2.22. The Morgan fingerprint density at radius 1 is 1.59 bits per heavy atom. The molecule has 4 nitrogen and oxygen atoms in total. The van der Waals surface area contributed by atoms with Crippen LogP contribution in [-0.2, 0) is 6.54 Å². The molecule has 1 atom stereocenters. The Bertz CT molecular complexity index is 682. The number of halogens is 2. The normalized spacial score (nSPS) is 18.2. The zero-order valence-corrected chi connectivity index (χ0v) is 10.6. The lowest BCUT2D eigenvalue weighted by Gasteiger charge is -2.07. The molecule has 17 heavy (non-hydrogen) atoms. The van der Waals surface area contributed by atoms with Crippen LogP contribution in [0.4, 0.5) is 10.2 Å². The molecule has 3 rings (SSSR count). The van der Waals surface area contributed by atoms with Crippen molar-refractivity contribution >= 4 is 32.7 Å². The average molecular weight is 298 g/mol. The third-order valence-corrected chi connectivity index (χ3v) is 3.48. The molecule has 0 spiro atoms. The summed E-state index contributed by atoms with van der Waals surface area (Å²) < 4.78 is 15.7. The third kappa shape index (κ3) is 1.47. The van der Waals surface area contributed by atoms with Gasteiger partial charge in [-0.2, -0.15) is 4.98 Å². The number of rotatable bonds is 0. The first-order valence-corrected chi connectivity index (χ1v) is 6.02. The Labute approximate surface area is 105 Å². The Hall–Kier alpha value is -1.43. The van der Waals surface area contributed by atoms with Crippen molar-refractivity contribution in [3.63, 3.8) is 0 Å². The van der Waals surface area contributed by atoms with E-state index in [4.69, 9.17) is 0 Å². The van der Waals surface area contributed by atoms with Gasteiger partial charge in [-0.1, -0.05) is 0 Å². The highest BCUT2D eigenvalue weighted by Crippen LogP contribution is 2.29. The predicted molar refractivity (Wildman–Crippen MR) is 66.7 cm³/mol. The summed E-state index contributed by atoms with van der Waals surface area (Å²) in [5.74, 6) is 0.156. The molecule has 1 aromatic heterocycles. The SMILES string of the molecule is C[C@@H]1Cn2c(c3ccc(Br)c(F)c3nc2=O)N1. The Morgan fingerprint density at radius 3 is 3.12 bits per heavy atom. The zero-order chi connectivity index (χ0) is 12.2. The fraction of sp³-hybridized carbons (Fsp3) is 0.273. The molecule has 0 aliphatic carbocycles. The molecule has 0 bridgehead atoms. The summed E-state index contributed by atoms with van der Waals surface area (Å²) in [5, 5.41) is 3.80. The molecule has 1 aromatic carbocycles. The molecule has 88 valence electrons. The van der Waals surface area contributed by atoms with Gasteiger partial charge < -0.3 is 5.32 Å². The van der Waals surface area contributed by atoms with Crippen molar-refractivity contribution in [3.05, 3.63) is 32.9 Å². The largest absolute Gasteiger partial charge is 0.367 e. The number of aromatic nitrogens is 2. The molecule has 1 aliphatic heterocycles. The maximum absolute atomic E-state index is 13.9. The standard InChI is InChI=1S/C11H9BrFN3O/c1-5-4-16-10(14-5)6-2-3-7(12)8(13)9(6)15-11(16)17/h2-3,5,14H,4H2,1H3/t5-/m1/s1. The molecule has 1 N–H and O–H groups in total. The van der Waals surface area contributed by atoms with Gasteiger partial charge >= 0.3 is 5.69 Å². The second kappa shape index (κ2) is 3.53. The second-order valence-corrected chi connectivity index (χ2v) is 5.01. The molecule has 2 aromatic rings. The van der Waals surface area contributed by atoms with Crippen molar-refractivity contribution in [1.82, 2.24) is 9.55 Å². The molecule has 0 saturated heterocycles. The summed E-state index contributed by atoms with van der Waals surface area (Å²) in [6.07, 6.45) is 0. The highest BCUT2D eigenvalue weighted by molar-refractivity contribution is 9.10. The number of nitrogens with zero attached hydrogens (tertiary/aromatic N) is 2. The van der Waals surface area contributed by atoms with Gasteiger partial charge in [0.25, 0.3) is 0 Å². The van der Waals surface area contributed by atoms with Gasteiger partial charge in [0.05, 0.1) is 4.47 Å². The molecule has 6 heteroatoms. The smallest absolute Gasteiger partial charge is 0.349 e. The van der Waals surface area contributed by atoms with E-state index in [0.29, 0.717) is 22.2 Å². The Morgan fingerprint density at radius 2 is 2.35 bits per heavy atom. The van der Waals surface area contributed by atoms with Crippen LogP contribution < -0.4 is 11.0 Å². The fourth-order valence-corrected chi connectivity index (χ4v) is 2.44. The van der Waals surface area contributed by atoms with Crippen molar-refractivity contribution in [2.24, 2.45) is 0 Å². The molecular weight excluding hydrogens is 289 g/mol. The van der Waals surface area contributed by atoms with Gasteiger partial charge in [-0.25, -0.2) is 9.18 Å². The van der Waals surface area contributed by atoms with E-state index in [0.717, 1.165) is 0 Å². The quantitative estimate of drug-likeness (QED) is 0.810. The molecule has 1 aliphatic rings. The van der Waals surface area contributed by atoms with Crippen molar-refractivity contribution in [3.8, 4) is 0 Å². The number of fused-ring (bicyclic) bond motifs is 3. The van der Waals surface area contributed by atoms with Gasteiger partial charge in [-0.15, -0.1) is 0 Å². The minimum Gasteiger partial charge on any atom is -0.367 e.